The topological polar surface area (TPSA) is 16.4 Å². The van der Waals surface area contributed by atoms with Crippen LogP contribution >= 0.6 is 0 Å². The molecular formula is C9H9NO. The molecule has 0 fully saturated rings. The third-order valence-electron chi connectivity index (χ3n) is 1.86. The fourth-order valence-corrected chi connectivity index (χ4v) is 1.13. The lowest BCUT2D eigenvalue weighted by molar-refractivity contribution is 0.521. The lowest BCUT2D eigenvalue weighted by Gasteiger charge is -2.19. The normalized spacial score (nSPS) is 15.4. The van der Waals surface area contributed by atoms with Crippen LogP contribution in [0.3, 0.4) is 0 Å². The van der Waals surface area contributed by atoms with E-state index in [9.17, 15) is 0 Å². The van der Waals surface area contributed by atoms with Crippen molar-refractivity contribution in [1.82, 2.24) is 4.90 Å². The quantitative estimate of drug-likeness (QED) is 0.559. The highest BCUT2D eigenvalue weighted by molar-refractivity contribution is 5.72. The summed E-state index contributed by atoms with van der Waals surface area (Å²) in [5.41, 5.74) is 2.01. The van der Waals surface area contributed by atoms with Gasteiger partial charge in [0.25, 0.3) is 0 Å². The van der Waals surface area contributed by atoms with Crippen LogP contribution in [0.25, 0.3) is 11.8 Å². The first kappa shape index (κ1) is 6.28. The number of rotatable bonds is 0. The summed E-state index contributed by atoms with van der Waals surface area (Å²) in [6.45, 7) is 3.89. The summed E-state index contributed by atoms with van der Waals surface area (Å²) in [7, 11) is 1.95. The van der Waals surface area contributed by atoms with Crippen LogP contribution in [0.5, 0.6) is 0 Å². The predicted molar refractivity (Wildman–Crippen MR) is 44.5 cm³/mol. The lowest BCUT2D eigenvalue weighted by atomic mass is 10.1. The van der Waals surface area contributed by atoms with Crippen LogP contribution in [0.4, 0.5) is 0 Å². The Labute approximate surface area is 65.4 Å². The van der Waals surface area contributed by atoms with E-state index in [0.29, 0.717) is 0 Å². The predicted octanol–water partition coefficient (Wildman–Crippen LogP) is 2.17. The fraction of sp³-hybridized carbons (Fsp3) is 0.111. The van der Waals surface area contributed by atoms with Crippen LogP contribution < -0.4 is 0 Å². The molecule has 2 rings (SSSR count). The molecule has 1 aliphatic heterocycles. The number of furan rings is 1. The molecule has 0 unspecified atom stereocenters. The van der Waals surface area contributed by atoms with Gasteiger partial charge in [0.1, 0.15) is 0 Å². The Balaban J connectivity index is 2.57. The van der Waals surface area contributed by atoms with Gasteiger partial charge in [-0.3, -0.25) is 0 Å². The SMILES string of the molecule is C=C1c2occc2C=CN1C. The van der Waals surface area contributed by atoms with Gasteiger partial charge in [-0.1, -0.05) is 6.58 Å². The molecule has 2 heterocycles. The molecule has 1 aromatic heterocycles. The molecule has 0 bridgehead atoms. The highest BCUT2D eigenvalue weighted by Gasteiger charge is 2.14. The van der Waals surface area contributed by atoms with E-state index in [1.165, 1.54) is 0 Å². The van der Waals surface area contributed by atoms with E-state index in [1.807, 2.05) is 30.3 Å². The van der Waals surface area contributed by atoms with Gasteiger partial charge in [-0.25, -0.2) is 0 Å². The molecule has 0 N–H and O–H groups in total. The summed E-state index contributed by atoms with van der Waals surface area (Å²) in [5, 5.41) is 0. The Morgan fingerprint density at radius 3 is 3.18 bits per heavy atom. The number of hydrogen-bond donors (Lipinski definition) is 0. The minimum atomic E-state index is 0.870. The van der Waals surface area contributed by atoms with Gasteiger partial charge in [0.05, 0.1) is 12.0 Å². The molecule has 0 atom stereocenters. The van der Waals surface area contributed by atoms with Gasteiger partial charge < -0.3 is 9.32 Å². The molecule has 0 saturated carbocycles. The van der Waals surface area contributed by atoms with Crippen molar-refractivity contribution in [3.63, 3.8) is 0 Å². The van der Waals surface area contributed by atoms with Crippen molar-refractivity contribution in [3.8, 4) is 0 Å². The third-order valence-corrected chi connectivity index (χ3v) is 1.86. The van der Waals surface area contributed by atoms with Crippen molar-refractivity contribution in [3.05, 3.63) is 36.4 Å². The monoisotopic (exact) mass is 147 g/mol. The third kappa shape index (κ3) is 0.792. The zero-order chi connectivity index (χ0) is 7.84. The summed E-state index contributed by atoms with van der Waals surface area (Å²) in [5.74, 6) is 0.870. The van der Waals surface area contributed by atoms with E-state index in [1.54, 1.807) is 6.26 Å². The van der Waals surface area contributed by atoms with E-state index >= 15 is 0 Å². The molecule has 11 heavy (non-hydrogen) atoms. The zero-order valence-electron chi connectivity index (χ0n) is 6.37. The van der Waals surface area contributed by atoms with Gasteiger partial charge in [-0.2, -0.15) is 0 Å². The molecular weight excluding hydrogens is 138 g/mol. The van der Waals surface area contributed by atoms with Gasteiger partial charge in [0, 0.05) is 18.8 Å². The zero-order valence-corrected chi connectivity index (χ0v) is 6.37. The first-order valence-electron chi connectivity index (χ1n) is 3.47. The molecule has 2 heteroatoms. The highest BCUT2D eigenvalue weighted by Crippen LogP contribution is 2.26. The number of hydrogen-bond acceptors (Lipinski definition) is 2. The second-order valence-electron chi connectivity index (χ2n) is 2.58. The summed E-state index contributed by atoms with van der Waals surface area (Å²) < 4.78 is 5.25. The Morgan fingerprint density at radius 2 is 2.36 bits per heavy atom. The first-order valence-corrected chi connectivity index (χ1v) is 3.47. The van der Waals surface area contributed by atoms with Crippen LogP contribution in [0.1, 0.15) is 11.3 Å². The highest BCUT2D eigenvalue weighted by atomic mass is 16.3. The maximum atomic E-state index is 5.25. The van der Waals surface area contributed by atoms with Gasteiger partial charge in [0.15, 0.2) is 5.76 Å². The Bertz CT molecular complexity index is 322. The lowest BCUT2D eigenvalue weighted by Crippen LogP contribution is -2.10. The maximum Gasteiger partial charge on any atom is 0.156 e. The molecule has 1 aromatic rings. The minimum absolute atomic E-state index is 0.870. The van der Waals surface area contributed by atoms with E-state index in [4.69, 9.17) is 4.42 Å². The van der Waals surface area contributed by atoms with Crippen molar-refractivity contribution >= 4 is 11.8 Å². The molecule has 2 nitrogen and oxygen atoms in total. The van der Waals surface area contributed by atoms with Crippen LogP contribution in [-0.2, 0) is 0 Å². The fourth-order valence-electron chi connectivity index (χ4n) is 1.13. The molecule has 0 aromatic carbocycles. The molecule has 0 aliphatic carbocycles. The molecule has 0 saturated heterocycles. The standard InChI is InChI=1S/C9H9NO/c1-7-9-8(4-6-11-9)3-5-10(7)2/h3-6H,1H2,2H3. The van der Waals surface area contributed by atoms with E-state index in [-0.39, 0.29) is 0 Å². The van der Waals surface area contributed by atoms with Crippen LogP contribution in [0.15, 0.2) is 29.5 Å². The molecule has 0 radical (unpaired) electrons. The summed E-state index contributed by atoms with van der Waals surface area (Å²) in [6.07, 6.45) is 5.66. The van der Waals surface area contributed by atoms with Crippen molar-refractivity contribution in [1.29, 1.82) is 0 Å². The molecule has 0 amide bonds. The second kappa shape index (κ2) is 2.02. The van der Waals surface area contributed by atoms with Crippen LogP contribution in [0, 0.1) is 0 Å². The minimum Gasteiger partial charge on any atom is -0.462 e. The van der Waals surface area contributed by atoms with Crippen molar-refractivity contribution in [2.24, 2.45) is 0 Å². The van der Waals surface area contributed by atoms with Gasteiger partial charge >= 0.3 is 0 Å². The average molecular weight is 147 g/mol. The largest absolute Gasteiger partial charge is 0.462 e. The van der Waals surface area contributed by atoms with Crippen molar-refractivity contribution in [2.45, 2.75) is 0 Å². The summed E-state index contributed by atoms with van der Waals surface area (Å²) >= 11 is 0. The Kier molecular flexibility index (Phi) is 1.15. The Morgan fingerprint density at radius 1 is 1.55 bits per heavy atom. The number of nitrogens with zero attached hydrogens (tertiary/aromatic N) is 1. The molecule has 1 aliphatic rings. The van der Waals surface area contributed by atoms with Crippen molar-refractivity contribution in [2.75, 3.05) is 7.05 Å². The molecule has 0 spiro atoms. The van der Waals surface area contributed by atoms with E-state index < -0.39 is 0 Å². The van der Waals surface area contributed by atoms with Gasteiger partial charge in [-0.15, -0.1) is 0 Å². The molecule has 56 valence electrons. The second-order valence-corrected chi connectivity index (χ2v) is 2.58. The maximum absolute atomic E-state index is 5.25. The summed E-state index contributed by atoms with van der Waals surface area (Å²) in [4.78, 5) is 1.94. The van der Waals surface area contributed by atoms with Crippen molar-refractivity contribution < 1.29 is 4.42 Å². The first-order chi connectivity index (χ1) is 5.29. The van der Waals surface area contributed by atoms with Gasteiger partial charge in [-0.05, 0) is 12.1 Å². The Hall–Kier alpha value is -1.44. The van der Waals surface area contributed by atoms with Gasteiger partial charge in [0.2, 0.25) is 0 Å². The smallest absolute Gasteiger partial charge is 0.156 e. The van der Waals surface area contributed by atoms with E-state index in [2.05, 4.69) is 6.58 Å². The van der Waals surface area contributed by atoms with Crippen LogP contribution in [0.2, 0.25) is 0 Å². The van der Waals surface area contributed by atoms with E-state index in [0.717, 1.165) is 17.0 Å². The number of fused-ring (bicyclic) bond motifs is 1. The summed E-state index contributed by atoms with van der Waals surface area (Å²) in [6, 6.07) is 1.93. The van der Waals surface area contributed by atoms with Crippen LogP contribution in [-0.4, -0.2) is 11.9 Å². The average Bonchev–Trinajstić information content (AvgIpc) is 2.45.